The first-order valence-corrected chi connectivity index (χ1v) is 8.97. The smallest absolute Gasteiger partial charge is 0.353 e. The summed E-state index contributed by atoms with van der Waals surface area (Å²) in [5.74, 6) is 2.34. The van der Waals surface area contributed by atoms with Gasteiger partial charge in [-0.1, -0.05) is 0 Å². The fourth-order valence-electron chi connectivity index (χ4n) is 2.91. The van der Waals surface area contributed by atoms with Crippen molar-refractivity contribution in [1.29, 1.82) is 0 Å². The Labute approximate surface area is 151 Å². The summed E-state index contributed by atoms with van der Waals surface area (Å²) in [7, 11) is 1.89. The first kappa shape index (κ1) is 18.9. The molecule has 1 saturated heterocycles. The zero-order valence-electron chi connectivity index (χ0n) is 15.4. The van der Waals surface area contributed by atoms with Crippen LogP contribution in [0.3, 0.4) is 0 Å². The number of hydrogen-bond donors (Lipinski definition) is 1. The summed E-state index contributed by atoms with van der Waals surface area (Å²) in [6, 6.07) is -0.995. The molecule has 10 heteroatoms. The molecular weight excluding hydrogens is 347 g/mol. The summed E-state index contributed by atoms with van der Waals surface area (Å²) < 4.78 is 40.6. The van der Waals surface area contributed by atoms with Gasteiger partial charge in [0.05, 0.1) is 0 Å². The Morgan fingerprint density at radius 2 is 1.88 bits per heavy atom. The number of aromatic nitrogens is 3. The maximum Gasteiger partial charge on any atom is 0.403 e. The highest BCUT2D eigenvalue weighted by molar-refractivity contribution is 5.80. The predicted octanol–water partition coefficient (Wildman–Crippen LogP) is 1.30. The van der Waals surface area contributed by atoms with Crippen molar-refractivity contribution in [2.75, 3.05) is 26.2 Å². The van der Waals surface area contributed by atoms with Crippen molar-refractivity contribution in [3.8, 4) is 0 Å². The number of nitrogens with zero attached hydrogens (tertiary/aromatic N) is 6. The van der Waals surface area contributed by atoms with Crippen molar-refractivity contribution in [3.63, 3.8) is 0 Å². The van der Waals surface area contributed by atoms with Crippen molar-refractivity contribution in [1.82, 2.24) is 29.9 Å². The van der Waals surface area contributed by atoms with E-state index in [0.29, 0.717) is 38.8 Å². The minimum Gasteiger partial charge on any atom is -0.353 e. The van der Waals surface area contributed by atoms with E-state index in [4.69, 9.17) is 0 Å². The number of alkyl halides is 3. The molecule has 3 rings (SSSR count). The van der Waals surface area contributed by atoms with Gasteiger partial charge < -0.3 is 14.8 Å². The normalized spacial score (nSPS) is 21.2. The van der Waals surface area contributed by atoms with E-state index in [-0.39, 0.29) is 0 Å². The van der Waals surface area contributed by atoms with Gasteiger partial charge >= 0.3 is 6.18 Å². The van der Waals surface area contributed by atoms with Gasteiger partial charge in [-0.3, -0.25) is 4.90 Å². The Morgan fingerprint density at radius 3 is 2.38 bits per heavy atom. The molecule has 1 aromatic rings. The molecule has 1 aromatic heterocycles. The Hall–Kier alpha value is -1.84. The monoisotopic (exact) mass is 373 g/mol. The Morgan fingerprint density at radius 1 is 1.23 bits per heavy atom. The number of aryl methyl sites for hydroxylation is 1. The average molecular weight is 373 g/mol. The molecule has 1 saturated carbocycles. The lowest BCUT2D eigenvalue weighted by Crippen LogP contribution is -2.57. The second-order valence-electron chi connectivity index (χ2n) is 7.02. The van der Waals surface area contributed by atoms with Crippen molar-refractivity contribution in [2.24, 2.45) is 12.0 Å². The molecule has 146 valence electrons. The minimum atomic E-state index is -4.19. The molecule has 26 heavy (non-hydrogen) atoms. The lowest BCUT2D eigenvalue weighted by Gasteiger charge is -2.39. The third kappa shape index (κ3) is 4.46. The lowest BCUT2D eigenvalue weighted by atomic mass is 10.2. The van der Waals surface area contributed by atoms with Crippen molar-refractivity contribution < 1.29 is 13.2 Å². The molecule has 2 heterocycles. The highest BCUT2D eigenvalue weighted by Gasteiger charge is 2.41. The molecule has 2 fully saturated rings. The largest absolute Gasteiger partial charge is 0.403 e. The molecular formula is C16H26F3N7. The quantitative estimate of drug-likeness (QED) is 0.637. The average Bonchev–Trinajstić information content (AvgIpc) is 3.37. The van der Waals surface area contributed by atoms with Crippen LogP contribution >= 0.6 is 0 Å². The van der Waals surface area contributed by atoms with Crippen LogP contribution in [0.25, 0.3) is 0 Å². The van der Waals surface area contributed by atoms with Crippen molar-refractivity contribution in [2.45, 2.75) is 51.5 Å². The molecule has 0 bridgehead atoms. The van der Waals surface area contributed by atoms with E-state index in [2.05, 4.69) is 20.5 Å². The summed E-state index contributed by atoms with van der Waals surface area (Å²) in [5.41, 5.74) is 0. The third-order valence-electron chi connectivity index (χ3n) is 5.10. The van der Waals surface area contributed by atoms with E-state index in [9.17, 15) is 13.2 Å². The summed E-state index contributed by atoms with van der Waals surface area (Å²) in [4.78, 5) is 8.18. The first-order valence-electron chi connectivity index (χ1n) is 8.97. The van der Waals surface area contributed by atoms with Crippen LogP contribution in [-0.2, 0) is 13.6 Å². The van der Waals surface area contributed by atoms with Gasteiger partial charge in [0.25, 0.3) is 0 Å². The van der Waals surface area contributed by atoms with Crippen molar-refractivity contribution >= 4 is 5.96 Å². The van der Waals surface area contributed by atoms with Gasteiger partial charge in [-0.15, -0.1) is 10.2 Å². The van der Waals surface area contributed by atoms with E-state index < -0.39 is 12.2 Å². The molecule has 0 spiro atoms. The van der Waals surface area contributed by atoms with Gasteiger partial charge in [0, 0.05) is 39.3 Å². The van der Waals surface area contributed by atoms with Gasteiger partial charge in [0.15, 0.2) is 11.8 Å². The zero-order valence-corrected chi connectivity index (χ0v) is 15.4. The highest BCUT2D eigenvalue weighted by Crippen LogP contribution is 2.25. The number of aliphatic imine (C=N–C) groups is 1. The number of hydrogen-bond acceptors (Lipinski definition) is 4. The van der Waals surface area contributed by atoms with Crippen LogP contribution in [-0.4, -0.2) is 75.0 Å². The summed E-state index contributed by atoms with van der Waals surface area (Å²) in [6.45, 7) is 5.29. The molecule has 1 aliphatic carbocycles. The molecule has 1 N–H and O–H groups in total. The fraction of sp³-hybridized carbons (Fsp3) is 0.812. The summed E-state index contributed by atoms with van der Waals surface area (Å²) >= 11 is 0. The first-order chi connectivity index (χ1) is 12.3. The standard InChI is InChI=1S/C16H26F3N7/c1-11(16(17,18)19)25-6-8-26(9-7-25)15(21-13-4-5-13)20-10-14-23-22-12(2)24(14)3/h11,13H,4-10H2,1-3H3,(H,20,21). The number of guanidine groups is 1. The molecule has 0 aromatic carbocycles. The van der Waals surface area contributed by atoms with Crippen LogP contribution in [0, 0.1) is 6.92 Å². The van der Waals surface area contributed by atoms with Crippen LogP contribution in [0.15, 0.2) is 4.99 Å². The Bertz CT molecular complexity index is 643. The van der Waals surface area contributed by atoms with Crippen LogP contribution < -0.4 is 5.32 Å². The summed E-state index contributed by atoms with van der Waals surface area (Å²) in [6.07, 6.45) is -1.98. The molecule has 1 unspecified atom stereocenters. The van der Waals surface area contributed by atoms with Gasteiger partial charge in [-0.05, 0) is 26.7 Å². The minimum absolute atomic E-state index is 0.370. The zero-order chi connectivity index (χ0) is 18.9. The fourth-order valence-corrected chi connectivity index (χ4v) is 2.91. The maximum absolute atomic E-state index is 12.9. The summed E-state index contributed by atoms with van der Waals surface area (Å²) in [5, 5.41) is 11.6. The lowest BCUT2D eigenvalue weighted by molar-refractivity contribution is -0.181. The molecule has 7 nitrogen and oxygen atoms in total. The molecule has 0 amide bonds. The van der Waals surface area contributed by atoms with Crippen LogP contribution in [0.1, 0.15) is 31.4 Å². The predicted molar refractivity (Wildman–Crippen MR) is 91.7 cm³/mol. The van der Waals surface area contributed by atoms with E-state index >= 15 is 0 Å². The van der Waals surface area contributed by atoms with Crippen LogP contribution in [0.2, 0.25) is 0 Å². The van der Waals surface area contributed by atoms with Gasteiger partial charge in [0.2, 0.25) is 0 Å². The van der Waals surface area contributed by atoms with Crippen LogP contribution in [0.5, 0.6) is 0 Å². The van der Waals surface area contributed by atoms with E-state index in [1.54, 1.807) is 0 Å². The van der Waals surface area contributed by atoms with Gasteiger partial charge in [-0.2, -0.15) is 13.2 Å². The van der Waals surface area contributed by atoms with Gasteiger partial charge in [-0.25, -0.2) is 4.99 Å². The SMILES string of the molecule is Cc1nnc(CN=C(NC2CC2)N2CCN(C(C)C(F)(F)F)CC2)n1C. The topological polar surface area (TPSA) is 61.6 Å². The molecule has 1 atom stereocenters. The Balaban J connectivity index is 1.63. The second-order valence-corrected chi connectivity index (χ2v) is 7.02. The number of halogens is 3. The van der Waals surface area contributed by atoms with E-state index in [0.717, 1.165) is 30.5 Å². The third-order valence-corrected chi connectivity index (χ3v) is 5.10. The highest BCUT2D eigenvalue weighted by atomic mass is 19.4. The van der Waals surface area contributed by atoms with Crippen molar-refractivity contribution in [3.05, 3.63) is 11.6 Å². The van der Waals surface area contributed by atoms with Crippen LogP contribution in [0.4, 0.5) is 13.2 Å². The molecule has 1 aliphatic heterocycles. The van der Waals surface area contributed by atoms with E-state index in [1.807, 2.05) is 23.4 Å². The van der Waals surface area contributed by atoms with Gasteiger partial charge in [0.1, 0.15) is 18.4 Å². The number of nitrogens with one attached hydrogen (secondary N) is 1. The number of piperazine rings is 1. The molecule has 2 aliphatic rings. The van der Waals surface area contributed by atoms with E-state index in [1.165, 1.54) is 11.8 Å². The number of rotatable bonds is 4. The molecule has 0 radical (unpaired) electrons. The maximum atomic E-state index is 12.9. The second kappa shape index (κ2) is 7.42. The Kier molecular flexibility index (Phi) is 5.40.